The third kappa shape index (κ3) is 3.71. The largest absolute Gasteiger partial charge is 0.468 e. The summed E-state index contributed by atoms with van der Waals surface area (Å²) < 4.78 is 57.1. The van der Waals surface area contributed by atoms with Gasteiger partial charge in [0, 0.05) is 6.54 Å². The van der Waals surface area contributed by atoms with E-state index in [-0.39, 0.29) is 12.6 Å². The summed E-state index contributed by atoms with van der Waals surface area (Å²) in [6.45, 7) is 1.21. The number of amides is 1. The highest BCUT2D eigenvalue weighted by Gasteiger charge is 2.27. The molecule has 0 aliphatic heterocycles. The summed E-state index contributed by atoms with van der Waals surface area (Å²) >= 11 is 0. The van der Waals surface area contributed by atoms with Crippen molar-refractivity contribution in [2.75, 3.05) is 20.2 Å². The third-order valence-electron chi connectivity index (χ3n) is 2.66. The van der Waals surface area contributed by atoms with Crippen LogP contribution in [0.3, 0.4) is 0 Å². The Morgan fingerprint density at radius 1 is 1.14 bits per heavy atom. The fourth-order valence-electron chi connectivity index (χ4n) is 1.64. The van der Waals surface area contributed by atoms with Gasteiger partial charge in [0.05, 0.1) is 12.7 Å². The van der Waals surface area contributed by atoms with Gasteiger partial charge in [0.25, 0.3) is 5.91 Å². The van der Waals surface area contributed by atoms with Crippen molar-refractivity contribution < 1.29 is 31.9 Å². The van der Waals surface area contributed by atoms with E-state index in [1.807, 2.05) is 0 Å². The molecular weight excluding hydrogens is 294 g/mol. The Hall–Kier alpha value is -2.12. The first-order valence-corrected chi connectivity index (χ1v) is 6.02. The molecule has 0 N–H and O–H groups in total. The Balaban J connectivity index is 3.18. The molecular formula is C13H13F4NO3. The number of carbonyl (C=O) groups excluding carboxylic acids is 2. The predicted octanol–water partition coefficient (Wildman–Crippen LogP) is 2.27. The highest BCUT2D eigenvalue weighted by molar-refractivity contribution is 5.96. The molecule has 4 nitrogen and oxygen atoms in total. The monoisotopic (exact) mass is 307 g/mol. The molecule has 0 fully saturated rings. The molecule has 0 aliphatic carbocycles. The number of carbonyl (C=O) groups is 2. The molecule has 0 aliphatic rings. The Morgan fingerprint density at radius 2 is 1.76 bits per heavy atom. The summed E-state index contributed by atoms with van der Waals surface area (Å²) in [5.41, 5.74) is -0.983. The summed E-state index contributed by atoms with van der Waals surface area (Å²) in [4.78, 5) is 24.1. The first kappa shape index (κ1) is 16.9. The topological polar surface area (TPSA) is 46.6 Å². The van der Waals surface area contributed by atoms with Crippen LogP contribution in [0, 0.1) is 23.3 Å². The highest BCUT2D eigenvalue weighted by Crippen LogP contribution is 2.20. The molecule has 0 saturated heterocycles. The Labute approximate surface area is 118 Å². The number of ether oxygens (including phenoxy) is 1. The lowest BCUT2D eigenvalue weighted by atomic mass is 10.1. The second-order valence-corrected chi connectivity index (χ2v) is 4.15. The number of rotatable bonds is 5. The van der Waals surface area contributed by atoms with Crippen LogP contribution in [0.2, 0.25) is 0 Å². The molecule has 0 unspecified atom stereocenters. The summed E-state index contributed by atoms with van der Waals surface area (Å²) in [5, 5.41) is 0. The molecule has 1 amide bonds. The average Bonchev–Trinajstić information content (AvgIpc) is 2.47. The van der Waals surface area contributed by atoms with Gasteiger partial charge < -0.3 is 9.64 Å². The maximum atomic E-state index is 13.6. The van der Waals surface area contributed by atoms with Crippen LogP contribution in [0.15, 0.2) is 6.07 Å². The van der Waals surface area contributed by atoms with Gasteiger partial charge in [-0.05, 0) is 12.5 Å². The zero-order valence-corrected chi connectivity index (χ0v) is 11.4. The van der Waals surface area contributed by atoms with Crippen LogP contribution in [0.25, 0.3) is 0 Å². The van der Waals surface area contributed by atoms with E-state index in [1.165, 1.54) is 0 Å². The number of methoxy groups -OCH3 is 1. The molecule has 116 valence electrons. The van der Waals surface area contributed by atoms with E-state index in [0.717, 1.165) is 12.0 Å². The van der Waals surface area contributed by atoms with Gasteiger partial charge in [0.2, 0.25) is 0 Å². The lowest BCUT2D eigenvalue weighted by Crippen LogP contribution is -2.37. The molecule has 0 radical (unpaired) electrons. The van der Waals surface area contributed by atoms with E-state index >= 15 is 0 Å². The normalized spacial score (nSPS) is 10.4. The molecule has 0 aromatic heterocycles. The van der Waals surface area contributed by atoms with Crippen molar-refractivity contribution in [3.05, 3.63) is 34.9 Å². The minimum atomic E-state index is -2.08. The van der Waals surface area contributed by atoms with Crippen molar-refractivity contribution >= 4 is 11.9 Å². The van der Waals surface area contributed by atoms with E-state index in [1.54, 1.807) is 6.92 Å². The fourth-order valence-corrected chi connectivity index (χ4v) is 1.64. The molecule has 0 atom stereocenters. The van der Waals surface area contributed by atoms with Crippen molar-refractivity contribution in [3.8, 4) is 0 Å². The van der Waals surface area contributed by atoms with Crippen molar-refractivity contribution in [1.82, 2.24) is 4.90 Å². The number of hydrogen-bond acceptors (Lipinski definition) is 3. The standard InChI is InChI=1S/C13H13F4NO3/c1-3-4-18(6-9(19)21-2)13(20)7-5-8(14)11(16)12(17)10(7)15/h5H,3-4,6H2,1-2H3. The van der Waals surface area contributed by atoms with Gasteiger partial charge in [-0.15, -0.1) is 0 Å². The van der Waals surface area contributed by atoms with Gasteiger partial charge in [0.15, 0.2) is 23.3 Å². The lowest BCUT2D eigenvalue weighted by Gasteiger charge is -2.21. The number of esters is 1. The minimum Gasteiger partial charge on any atom is -0.468 e. The summed E-state index contributed by atoms with van der Waals surface area (Å²) in [6, 6.07) is 0.260. The van der Waals surface area contributed by atoms with Gasteiger partial charge in [-0.25, -0.2) is 17.6 Å². The quantitative estimate of drug-likeness (QED) is 0.363. The van der Waals surface area contributed by atoms with E-state index in [0.29, 0.717) is 6.42 Å². The Kier molecular flexibility index (Phi) is 5.69. The number of benzene rings is 1. The van der Waals surface area contributed by atoms with Crippen molar-refractivity contribution in [3.63, 3.8) is 0 Å². The maximum absolute atomic E-state index is 13.6. The first-order valence-electron chi connectivity index (χ1n) is 6.02. The van der Waals surface area contributed by atoms with E-state index in [4.69, 9.17) is 0 Å². The van der Waals surface area contributed by atoms with E-state index in [2.05, 4.69) is 4.74 Å². The zero-order valence-electron chi connectivity index (χ0n) is 11.4. The number of hydrogen-bond donors (Lipinski definition) is 0. The van der Waals surface area contributed by atoms with Crippen LogP contribution < -0.4 is 0 Å². The minimum absolute atomic E-state index is 0.0357. The van der Waals surface area contributed by atoms with E-state index in [9.17, 15) is 27.2 Å². The SMILES string of the molecule is CCCN(CC(=O)OC)C(=O)c1cc(F)c(F)c(F)c1F. The summed E-state index contributed by atoms with van der Waals surface area (Å²) in [7, 11) is 1.09. The Bertz CT molecular complexity index is 563. The van der Waals surface area contributed by atoms with Gasteiger partial charge >= 0.3 is 5.97 Å². The number of halogens is 4. The summed E-state index contributed by atoms with van der Waals surface area (Å²) in [5.74, 6) is -9.47. The van der Waals surface area contributed by atoms with Crippen LogP contribution in [0.4, 0.5) is 17.6 Å². The molecule has 1 aromatic carbocycles. The molecule has 0 spiro atoms. The third-order valence-corrected chi connectivity index (χ3v) is 2.66. The van der Waals surface area contributed by atoms with Crippen LogP contribution in [0.1, 0.15) is 23.7 Å². The zero-order chi connectivity index (χ0) is 16.2. The van der Waals surface area contributed by atoms with Gasteiger partial charge in [-0.3, -0.25) is 9.59 Å². The molecule has 0 heterocycles. The number of nitrogens with zero attached hydrogens (tertiary/aromatic N) is 1. The smallest absolute Gasteiger partial charge is 0.325 e. The lowest BCUT2D eigenvalue weighted by molar-refractivity contribution is -0.141. The van der Waals surface area contributed by atoms with Gasteiger partial charge in [-0.1, -0.05) is 6.92 Å². The molecule has 0 bridgehead atoms. The molecule has 21 heavy (non-hydrogen) atoms. The molecule has 1 aromatic rings. The maximum Gasteiger partial charge on any atom is 0.325 e. The van der Waals surface area contributed by atoms with Crippen molar-refractivity contribution in [1.29, 1.82) is 0 Å². The van der Waals surface area contributed by atoms with Crippen LogP contribution in [-0.2, 0) is 9.53 Å². The van der Waals surface area contributed by atoms with Crippen LogP contribution in [0.5, 0.6) is 0 Å². The van der Waals surface area contributed by atoms with Crippen molar-refractivity contribution in [2.45, 2.75) is 13.3 Å². The summed E-state index contributed by atoms with van der Waals surface area (Å²) in [6.07, 6.45) is 0.413. The fraction of sp³-hybridized carbons (Fsp3) is 0.385. The first-order chi connectivity index (χ1) is 9.83. The molecule has 1 rings (SSSR count). The molecule has 0 saturated carbocycles. The second-order valence-electron chi connectivity index (χ2n) is 4.15. The average molecular weight is 307 g/mol. The Morgan fingerprint density at radius 3 is 2.29 bits per heavy atom. The van der Waals surface area contributed by atoms with E-state index < -0.39 is 47.3 Å². The van der Waals surface area contributed by atoms with Crippen LogP contribution >= 0.6 is 0 Å². The molecule has 8 heteroatoms. The van der Waals surface area contributed by atoms with Gasteiger partial charge in [-0.2, -0.15) is 0 Å². The predicted molar refractivity (Wildman–Crippen MR) is 64.5 cm³/mol. The van der Waals surface area contributed by atoms with Crippen LogP contribution in [-0.4, -0.2) is 37.0 Å². The van der Waals surface area contributed by atoms with Gasteiger partial charge in [0.1, 0.15) is 6.54 Å². The highest BCUT2D eigenvalue weighted by atomic mass is 19.2. The van der Waals surface area contributed by atoms with Crippen molar-refractivity contribution in [2.24, 2.45) is 0 Å². The second kappa shape index (κ2) is 7.05.